The van der Waals surface area contributed by atoms with Crippen LogP contribution in [0.3, 0.4) is 0 Å². The predicted octanol–water partition coefficient (Wildman–Crippen LogP) is 4.93. The first-order chi connectivity index (χ1) is 12.7. The molecule has 26 heavy (non-hydrogen) atoms. The molecule has 4 rings (SSSR count). The molecule has 130 valence electrons. The van der Waals surface area contributed by atoms with Gasteiger partial charge in [0.2, 0.25) is 0 Å². The first kappa shape index (κ1) is 16.4. The average Bonchev–Trinajstić information content (AvgIpc) is 3.09. The van der Waals surface area contributed by atoms with Crippen LogP contribution in [0.5, 0.6) is 5.75 Å². The molecule has 0 aliphatic heterocycles. The Balaban J connectivity index is 1.68. The van der Waals surface area contributed by atoms with Crippen LogP contribution in [-0.2, 0) is 19.3 Å². The number of benzene rings is 3. The minimum Gasteiger partial charge on any atom is -0.496 e. The molecule has 3 heteroatoms. The Kier molecular flexibility index (Phi) is 4.21. The monoisotopic (exact) mass is 343 g/mol. The Morgan fingerprint density at radius 1 is 1.15 bits per heavy atom. The highest BCUT2D eigenvalue weighted by Gasteiger charge is 2.17. The maximum absolute atomic E-state index is 12.8. The fourth-order valence-corrected chi connectivity index (χ4v) is 3.79. The largest absolute Gasteiger partial charge is 0.496 e. The number of rotatable bonds is 5. The number of hydrogen-bond donors (Lipinski definition) is 1. The molecule has 0 spiro atoms. The molecule has 1 N–H and O–H groups in total. The van der Waals surface area contributed by atoms with Crippen molar-refractivity contribution in [3.05, 3.63) is 83.4 Å². The fourth-order valence-electron chi connectivity index (χ4n) is 3.79. The Morgan fingerprint density at radius 2 is 1.96 bits per heavy atom. The van der Waals surface area contributed by atoms with Crippen molar-refractivity contribution in [1.29, 1.82) is 0 Å². The van der Waals surface area contributed by atoms with Crippen LogP contribution in [0.25, 0.3) is 10.8 Å². The molecule has 0 aromatic heterocycles. The lowest BCUT2D eigenvalue weighted by molar-refractivity contribution is 0.102. The van der Waals surface area contributed by atoms with E-state index in [1.165, 1.54) is 16.5 Å². The van der Waals surface area contributed by atoms with E-state index in [0.717, 1.165) is 35.2 Å². The first-order valence-corrected chi connectivity index (χ1v) is 8.84. The average molecular weight is 343 g/mol. The smallest absolute Gasteiger partial charge is 0.255 e. The van der Waals surface area contributed by atoms with E-state index in [1.807, 2.05) is 24.3 Å². The van der Waals surface area contributed by atoms with Gasteiger partial charge in [-0.1, -0.05) is 30.3 Å². The maximum atomic E-state index is 12.8. The molecule has 0 bridgehead atoms. The van der Waals surface area contributed by atoms with Gasteiger partial charge < -0.3 is 10.1 Å². The van der Waals surface area contributed by atoms with Gasteiger partial charge >= 0.3 is 0 Å². The van der Waals surface area contributed by atoms with Gasteiger partial charge in [-0.2, -0.15) is 0 Å². The maximum Gasteiger partial charge on any atom is 0.255 e. The van der Waals surface area contributed by atoms with Crippen LogP contribution in [-0.4, -0.2) is 13.0 Å². The molecule has 0 fully saturated rings. The number of carbonyl (C=O) groups excluding carboxylic acids is 1. The van der Waals surface area contributed by atoms with Crippen molar-refractivity contribution < 1.29 is 9.53 Å². The molecule has 1 amide bonds. The van der Waals surface area contributed by atoms with Gasteiger partial charge in [-0.15, -0.1) is 6.58 Å². The van der Waals surface area contributed by atoms with E-state index in [9.17, 15) is 4.79 Å². The molecular formula is C23H21NO2. The lowest BCUT2D eigenvalue weighted by Crippen LogP contribution is -2.13. The summed E-state index contributed by atoms with van der Waals surface area (Å²) in [6.45, 7) is 3.77. The summed E-state index contributed by atoms with van der Waals surface area (Å²) in [5.74, 6) is 0.656. The lowest BCUT2D eigenvalue weighted by atomic mass is 10.0. The molecule has 0 unspecified atom stereocenters. The third kappa shape index (κ3) is 2.76. The van der Waals surface area contributed by atoms with Crippen molar-refractivity contribution in [2.45, 2.75) is 19.3 Å². The standard InChI is InChI=1S/C23H21NO2/c1-3-5-17-14-18(11-13-21(17)26-2)23(25)24-20-12-10-16-9-8-15-6-4-7-19(20)22(15)16/h3-4,6-7,10-14H,1,5,8-9H2,2H3,(H,24,25). The summed E-state index contributed by atoms with van der Waals surface area (Å²) in [7, 11) is 1.63. The molecule has 3 aromatic carbocycles. The second-order valence-electron chi connectivity index (χ2n) is 6.59. The van der Waals surface area contributed by atoms with Crippen molar-refractivity contribution in [1.82, 2.24) is 0 Å². The number of methoxy groups -OCH3 is 1. The number of aryl methyl sites for hydroxylation is 2. The van der Waals surface area contributed by atoms with E-state index in [2.05, 4.69) is 36.2 Å². The normalized spacial score (nSPS) is 12.2. The molecular weight excluding hydrogens is 322 g/mol. The summed E-state index contributed by atoms with van der Waals surface area (Å²) >= 11 is 0. The first-order valence-electron chi connectivity index (χ1n) is 8.84. The molecule has 1 aliphatic rings. The third-order valence-corrected chi connectivity index (χ3v) is 5.03. The second kappa shape index (κ2) is 6.68. The van der Waals surface area contributed by atoms with Crippen LogP contribution >= 0.6 is 0 Å². The second-order valence-corrected chi connectivity index (χ2v) is 6.59. The number of anilines is 1. The van der Waals surface area contributed by atoms with Crippen molar-refractivity contribution in [2.75, 3.05) is 12.4 Å². The fraction of sp³-hybridized carbons (Fsp3) is 0.174. The van der Waals surface area contributed by atoms with Crippen LogP contribution < -0.4 is 10.1 Å². The van der Waals surface area contributed by atoms with Crippen LogP contribution in [0.1, 0.15) is 27.0 Å². The molecule has 3 nitrogen and oxygen atoms in total. The molecule has 0 radical (unpaired) electrons. The third-order valence-electron chi connectivity index (χ3n) is 5.03. The Bertz CT molecular complexity index is 1010. The summed E-state index contributed by atoms with van der Waals surface area (Å²) in [4.78, 5) is 12.8. The van der Waals surface area contributed by atoms with Gasteiger partial charge in [-0.25, -0.2) is 0 Å². The van der Waals surface area contributed by atoms with E-state index in [4.69, 9.17) is 4.74 Å². The topological polar surface area (TPSA) is 38.3 Å². The quantitative estimate of drug-likeness (QED) is 0.667. The number of hydrogen-bond acceptors (Lipinski definition) is 2. The van der Waals surface area contributed by atoms with Gasteiger partial charge in [-0.05, 0) is 65.6 Å². The number of ether oxygens (including phenoxy) is 1. The van der Waals surface area contributed by atoms with Crippen molar-refractivity contribution >= 4 is 22.4 Å². The minimum absolute atomic E-state index is 0.114. The van der Waals surface area contributed by atoms with Gasteiger partial charge in [0.25, 0.3) is 5.91 Å². The van der Waals surface area contributed by atoms with Crippen molar-refractivity contribution in [3.8, 4) is 5.75 Å². The molecule has 0 atom stereocenters. The molecule has 0 saturated carbocycles. The zero-order chi connectivity index (χ0) is 18.1. The Morgan fingerprint density at radius 3 is 2.73 bits per heavy atom. The molecule has 0 saturated heterocycles. The summed E-state index contributed by atoms with van der Waals surface area (Å²) in [6.07, 6.45) is 4.62. The SMILES string of the molecule is C=CCc1cc(C(=O)Nc2ccc3c4c(cccc24)CC3)ccc1OC. The zero-order valence-corrected chi connectivity index (χ0v) is 14.8. The van der Waals surface area contributed by atoms with E-state index in [-0.39, 0.29) is 5.91 Å². The van der Waals surface area contributed by atoms with Gasteiger partial charge in [0.15, 0.2) is 0 Å². The zero-order valence-electron chi connectivity index (χ0n) is 14.8. The highest BCUT2D eigenvalue weighted by molar-refractivity contribution is 6.10. The lowest BCUT2D eigenvalue weighted by Gasteiger charge is -2.12. The molecule has 0 heterocycles. The van der Waals surface area contributed by atoms with Gasteiger partial charge in [0.1, 0.15) is 5.75 Å². The van der Waals surface area contributed by atoms with Crippen LogP contribution in [0, 0.1) is 0 Å². The van der Waals surface area contributed by atoms with Crippen molar-refractivity contribution in [2.24, 2.45) is 0 Å². The number of allylic oxidation sites excluding steroid dienone is 1. The van der Waals surface area contributed by atoms with E-state index in [0.29, 0.717) is 12.0 Å². The number of nitrogens with one attached hydrogen (secondary N) is 1. The Hall–Kier alpha value is -3.07. The van der Waals surface area contributed by atoms with Gasteiger partial charge in [0, 0.05) is 16.6 Å². The predicted molar refractivity (Wildman–Crippen MR) is 106 cm³/mol. The van der Waals surface area contributed by atoms with Crippen LogP contribution in [0.4, 0.5) is 5.69 Å². The van der Waals surface area contributed by atoms with Crippen LogP contribution in [0.2, 0.25) is 0 Å². The summed E-state index contributed by atoms with van der Waals surface area (Å²) in [5.41, 5.74) is 5.16. The summed E-state index contributed by atoms with van der Waals surface area (Å²) < 4.78 is 5.36. The van der Waals surface area contributed by atoms with E-state index < -0.39 is 0 Å². The van der Waals surface area contributed by atoms with Gasteiger partial charge in [0.05, 0.1) is 7.11 Å². The number of carbonyl (C=O) groups is 1. The summed E-state index contributed by atoms with van der Waals surface area (Å²) in [5, 5.41) is 5.50. The van der Waals surface area contributed by atoms with Crippen molar-refractivity contribution in [3.63, 3.8) is 0 Å². The van der Waals surface area contributed by atoms with E-state index >= 15 is 0 Å². The Labute approximate surface area is 153 Å². The highest BCUT2D eigenvalue weighted by Crippen LogP contribution is 2.35. The highest BCUT2D eigenvalue weighted by atomic mass is 16.5. The molecule has 3 aromatic rings. The van der Waals surface area contributed by atoms with Crippen LogP contribution in [0.15, 0.2) is 61.2 Å². The van der Waals surface area contributed by atoms with E-state index in [1.54, 1.807) is 13.2 Å². The number of amides is 1. The summed E-state index contributed by atoms with van der Waals surface area (Å²) in [6, 6.07) is 16.0. The minimum atomic E-state index is -0.114. The molecule has 1 aliphatic carbocycles. The van der Waals surface area contributed by atoms with Gasteiger partial charge in [-0.3, -0.25) is 4.79 Å².